The van der Waals surface area contributed by atoms with Gasteiger partial charge in [-0.25, -0.2) is 13.2 Å². The number of methoxy groups -OCH3 is 1. The second-order valence-corrected chi connectivity index (χ2v) is 10.4. The number of esters is 1. The number of hydrogen-bond donors (Lipinski definition) is 0. The van der Waals surface area contributed by atoms with Crippen molar-refractivity contribution in [3.63, 3.8) is 0 Å². The highest BCUT2D eigenvalue weighted by molar-refractivity contribution is 7.92. The average Bonchev–Trinajstić information content (AvgIpc) is 2.86. The van der Waals surface area contributed by atoms with Crippen LogP contribution >= 0.6 is 0 Å². The summed E-state index contributed by atoms with van der Waals surface area (Å²) in [5.41, 5.74) is 3.04. The zero-order chi connectivity index (χ0) is 23.4. The average molecular weight is 474 g/mol. The summed E-state index contributed by atoms with van der Waals surface area (Å²) < 4.78 is 44.9. The Morgan fingerprint density at radius 1 is 1.15 bits per heavy atom. The molecule has 0 radical (unpaired) electrons. The first-order valence-corrected chi connectivity index (χ1v) is 13.0. The summed E-state index contributed by atoms with van der Waals surface area (Å²) in [6.45, 7) is 4.33. The van der Waals surface area contributed by atoms with Gasteiger partial charge in [0, 0.05) is 19.8 Å². The predicted molar refractivity (Wildman–Crippen MR) is 125 cm³/mol. The standard InChI is InChI=1S/C25H31NO6S/c1-3-18-6-8-23-20(15-18)5-4-12-26(23)33(28,29)21-7-9-24(22(16-21)25(27)30-2)32-17-19-10-13-31-14-11-19/h6-9,15-16,19H,3-5,10-14,17H2,1-2H3. The van der Waals surface area contributed by atoms with Gasteiger partial charge in [0.15, 0.2) is 0 Å². The summed E-state index contributed by atoms with van der Waals surface area (Å²) in [5, 5.41) is 0. The van der Waals surface area contributed by atoms with E-state index in [4.69, 9.17) is 14.2 Å². The third kappa shape index (κ3) is 5.01. The minimum atomic E-state index is -3.86. The van der Waals surface area contributed by atoms with Crippen LogP contribution < -0.4 is 9.04 Å². The molecule has 0 atom stereocenters. The first-order valence-electron chi connectivity index (χ1n) is 11.5. The fourth-order valence-corrected chi connectivity index (χ4v) is 5.97. The number of rotatable bonds is 7. The zero-order valence-electron chi connectivity index (χ0n) is 19.2. The number of fused-ring (bicyclic) bond motifs is 1. The van der Waals surface area contributed by atoms with Crippen molar-refractivity contribution in [1.29, 1.82) is 0 Å². The van der Waals surface area contributed by atoms with Crippen LogP contribution in [-0.2, 0) is 32.3 Å². The van der Waals surface area contributed by atoms with Crippen LogP contribution in [-0.4, -0.2) is 47.9 Å². The number of nitrogens with zero attached hydrogens (tertiary/aromatic N) is 1. The van der Waals surface area contributed by atoms with Crippen LogP contribution in [0.4, 0.5) is 5.69 Å². The first kappa shape index (κ1) is 23.6. The normalized spacial score (nSPS) is 16.8. The van der Waals surface area contributed by atoms with E-state index in [2.05, 4.69) is 13.0 Å². The molecule has 0 spiro atoms. The van der Waals surface area contributed by atoms with Crippen molar-refractivity contribution >= 4 is 21.7 Å². The summed E-state index contributed by atoms with van der Waals surface area (Å²) in [6.07, 6.45) is 4.29. The molecule has 0 unspecified atom stereocenters. The minimum absolute atomic E-state index is 0.0498. The molecule has 0 bridgehead atoms. The van der Waals surface area contributed by atoms with Crippen molar-refractivity contribution in [3.8, 4) is 5.75 Å². The highest BCUT2D eigenvalue weighted by Crippen LogP contribution is 2.34. The Balaban J connectivity index is 1.63. The monoisotopic (exact) mass is 473 g/mol. The van der Waals surface area contributed by atoms with Gasteiger partial charge in [-0.05, 0) is 73.4 Å². The van der Waals surface area contributed by atoms with Gasteiger partial charge in [0.05, 0.1) is 24.3 Å². The van der Waals surface area contributed by atoms with E-state index >= 15 is 0 Å². The maximum atomic E-state index is 13.6. The summed E-state index contributed by atoms with van der Waals surface area (Å²) >= 11 is 0. The van der Waals surface area contributed by atoms with Gasteiger partial charge in [0.1, 0.15) is 11.3 Å². The van der Waals surface area contributed by atoms with Crippen LogP contribution in [0, 0.1) is 5.92 Å². The van der Waals surface area contributed by atoms with E-state index in [0.29, 0.717) is 43.7 Å². The van der Waals surface area contributed by atoms with Crippen LogP contribution in [0.15, 0.2) is 41.3 Å². The third-order valence-corrected chi connectivity index (χ3v) is 8.20. The highest BCUT2D eigenvalue weighted by Gasteiger charge is 2.31. The van der Waals surface area contributed by atoms with Crippen molar-refractivity contribution in [3.05, 3.63) is 53.1 Å². The van der Waals surface area contributed by atoms with Crippen LogP contribution in [0.2, 0.25) is 0 Å². The number of hydrogen-bond acceptors (Lipinski definition) is 6. The second kappa shape index (κ2) is 10.1. The molecule has 7 nitrogen and oxygen atoms in total. The lowest BCUT2D eigenvalue weighted by atomic mass is 10.00. The Morgan fingerprint density at radius 2 is 1.94 bits per heavy atom. The largest absolute Gasteiger partial charge is 0.492 e. The smallest absolute Gasteiger partial charge is 0.341 e. The molecule has 0 aliphatic carbocycles. The van der Waals surface area contributed by atoms with Crippen molar-refractivity contribution in [2.24, 2.45) is 5.92 Å². The van der Waals surface area contributed by atoms with E-state index in [9.17, 15) is 13.2 Å². The van der Waals surface area contributed by atoms with Crippen molar-refractivity contribution in [2.75, 3.05) is 37.8 Å². The first-order chi connectivity index (χ1) is 15.9. The Bertz CT molecular complexity index is 1110. The zero-order valence-corrected chi connectivity index (χ0v) is 20.0. The van der Waals surface area contributed by atoms with E-state index in [1.54, 1.807) is 6.07 Å². The topological polar surface area (TPSA) is 82.1 Å². The third-order valence-electron chi connectivity index (χ3n) is 6.39. The lowest BCUT2D eigenvalue weighted by Crippen LogP contribution is -2.35. The van der Waals surface area contributed by atoms with Crippen molar-refractivity contribution in [2.45, 2.75) is 43.9 Å². The van der Waals surface area contributed by atoms with Gasteiger partial charge >= 0.3 is 5.97 Å². The molecule has 0 saturated carbocycles. The quantitative estimate of drug-likeness (QED) is 0.566. The van der Waals surface area contributed by atoms with Gasteiger partial charge in [-0.2, -0.15) is 0 Å². The van der Waals surface area contributed by atoms with E-state index in [-0.39, 0.29) is 10.5 Å². The molecule has 8 heteroatoms. The van der Waals surface area contributed by atoms with Gasteiger partial charge in [0.2, 0.25) is 0 Å². The molecule has 1 saturated heterocycles. The minimum Gasteiger partial charge on any atom is -0.492 e. The molecule has 33 heavy (non-hydrogen) atoms. The summed E-state index contributed by atoms with van der Waals surface area (Å²) in [5.74, 6) is 0.0464. The highest BCUT2D eigenvalue weighted by atomic mass is 32.2. The molecule has 4 rings (SSSR count). The fourth-order valence-electron chi connectivity index (χ4n) is 4.40. The molecule has 2 aromatic carbocycles. The molecule has 0 amide bonds. The lowest BCUT2D eigenvalue weighted by molar-refractivity contribution is 0.0483. The van der Waals surface area contributed by atoms with Gasteiger partial charge in [-0.3, -0.25) is 4.31 Å². The molecule has 2 aliphatic heterocycles. The molecular weight excluding hydrogens is 442 g/mol. The van der Waals surface area contributed by atoms with Crippen molar-refractivity contribution in [1.82, 2.24) is 0 Å². The van der Waals surface area contributed by atoms with E-state index in [0.717, 1.165) is 37.7 Å². The molecule has 2 aliphatic rings. The van der Waals surface area contributed by atoms with Gasteiger partial charge < -0.3 is 14.2 Å². The van der Waals surface area contributed by atoms with Crippen LogP contribution in [0.1, 0.15) is 47.7 Å². The molecule has 0 aromatic heterocycles. The van der Waals surface area contributed by atoms with Gasteiger partial charge in [-0.1, -0.05) is 19.1 Å². The summed E-state index contributed by atoms with van der Waals surface area (Å²) in [4.78, 5) is 12.5. The van der Waals surface area contributed by atoms with Gasteiger partial charge in [-0.15, -0.1) is 0 Å². The van der Waals surface area contributed by atoms with Gasteiger partial charge in [0.25, 0.3) is 10.0 Å². The molecule has 2 aromatic rings. The number of ether oxygens (including phenoxy) is 3. The SMILES string of the molecule is CCc1ccc2c(c1)CCCN2S(=O)(=O)c1ccc(OCC2CCOCC2)c(C(=O)OC)c1. The molecule has 178 valence electrons. The second-order valence-electron chi connectivity index (χ2n) is 8.51. The Kier molecular flexibility index (Phi) is 7.24. The molecule has 0 N–H and O–H groups in total. The Labute approximate surface area is 195 Å². The van der Waals surface area contributed by atoms with Crippen LogP contribution in [0.3, 0.4) is 0 Å². The van der Waals surface area contributed by atoms with Crippen LogP contribution in [0.25, 0.3) is 0 Å². The number of benzene rings is 2. The van der Waals surface area contributed by atoms with E-state index in [1.165, 1.54) is 29.1 Å². The van der Waals surface area contributed by atoms with Crippen LogP contribution in [0.5, 0.6) is 5.75 Å². The molecule has 1 fully saturated rings. The molecule has 2 heterocycles. The number of aryl methyl sites for hydroxylation is 2. The maximum absolute atomic E-state index is 13.6. The number of anilines is 1. The fraction of sp³-hybridized carbons (Fsp3) is 0.480. The van der Waals surface area contributed by atoms with E-state index in [1.807, 2.05) is 12.1 Å². The number of carbonyl (C=O) groups is 1. The Morgan fingerprint density at radius 3 is 2.67 bits per heavy atom. The summed E-state index contributed by atoms with van der Waals surface area (Å²) in [7, 11) is -2.58. The van der Waals surface area contributed by atoms with Crippen molar-refractivity contribution < 1.29 is 27.4 Å². The predicted octanol–water partition coefficient (Wildman–Crippen LogP) is 3.98. The summed E-state index contributed by atoms with van der Waals surface area (Å²) in [6, 6.07) is 10.4. The molecular formula is C25H31NO6S. The number of carbonyl (C=O) groups excluding carboxylic acids is 1. The Hall–Kier alpha value is -2.58. The van der Waals surface area contributed by atoms with E-state index < -0.39 is 16.0 Å². The lowest BCUT2D eigenvalue weighted by Gasteiger charge is -2.31. The maximum Gasteiger partial charge on any atom is 0.341 e. The number of sulfonamides is 1.